The van der Waals surface area contributed by atoms with Gasteiger partial charge in [-0.05, 0) is 19.3 Å². The predicted molar refractivity (Wildman–Crippen MR) is 61.0 cm³/mol. The van der Waals surface area contributed by atoms with E-state index in [9.17, 15) is 13.6 Å². The SMILES string of the molecule is O=C=NC1(c2c(F)c(F)cc3c2OCCO3)CCC1. The van der Waals surface area contributed by atoms with E-state index >= 15 is 0 Å². The third-order valence-electron chi connectivity index (χ3n) is 3.63. The first-order valence-electron chi connectivity index (χ1n) is 6.05. The number of carbonyl (C=O) groups excluding carboxylic acids is 1. The fourth-order valence-electron chi connectivity index (χ4n) is 2.56. The molecule has 0 radical (unpaired) electrons. The number of hydrogen-bond acceptors (Lipinski definition) is 4. The molecule has 3 rings (SSSR count). The van der Waals surface area contributed by atoms with E-state index in [1.165, 1.54) is 6.08 Å². The van der Waals surface area contributed by atoms with Gasteiger partial charge in [-0.1, -0.05) is 0 Å². The van der Waals surface area contributed by atoms with E-state index in [1.807, 2.05) is 0 Å². The summed E-state index contributed by atoms with van der Waals surface area (Å²) in [5.41, 5.74) is -1.07. The molecule has 2 aliphatic rings. The Bertz CT molecular complexity index is 578. The third-order valence-corrected chi connectivity index (χ3v) is 3.63. The Morgan fingerprint density at radius 1 is 1.26 bits per heavy atom. The average Bonchev–Trinajstić information content (AvgIpc) is 2.36. The van der Waals surface area contributed by atoms with Crippen LogP contribution in [0.4, 0.5) is 8.78 Å². The Labute approximate surface area is 108 Å². The molecular formula is C13H11F2NO3. The van der Waals surface area contributed by atoms with Gasteiger partial charge in [-0.3, -0.25) is 0 Å². The van der Waals surface area contributed by atoms with Gasteiger partial charge < -0.3 is 9.47 Å². The molecule has 0 amide bonds. The fraction of sp³-hybridized carbons (Fsp3) is 0.462. The van der Waals surface area contributed by atoms with Gasteiger partial charge in [-0.25, -0.2) is 13.6 Å². The van der Waals surface area contributed by atoms with E-state index in [2.05, 4.69) is 4.99 Å². The molecule has 6 heteroatoms. The van der Waals surface area contributed by atoms with Crippen LogP contribution in [0.5, 0.6) is 11.5 Å². The van der Waals surface area contributed by atoms with Crippen LogP contribution in [-0.4, -0.2) is 19.3 Å². The standard InChI is InChI=1S/C13H11F2NO3/c14-8-6-9-12(19-5-4-18-9)10(11(8)15)13(16-7-17)2-1-3-13/h6H,1-5H2. The second-order valence-electron chi connectivity index (χ2n) is 4.66. The Morgan fingerprint density at radius 2 is 2.00 bits per heavy atom. The molecule has 1 heterocycles. The summed E-state index contributed by atoms with van der Waals surface area (Å²) in [5, 5.41) is 0. The zero-order chi connectivity index (χ0) is 13.5. The number of isocyanates is 1. The van der Waals surface area contributed by atoms with E-state index in [0.29, 0.717) is 12.8 Å². The molecule has 4 nitrogen and oxygen atoms in total. The third kappa shape index (κ3) is 1.71. The Kier molecular flexibility index (Phi) is 2.75. The van der Waals surface area contributed by atoms with Gasteiger partial charge in [0.05, 0.1) is 5.56 Å². The highest BCUT2D eigenvalue weighted by atomic mass is 19.2. The zero-order valence-electron chi connectivity index (χ0n) is 10.0. The molecule has 0 N–H and O–H groups in total. The lowest BCUT2D eigenvalue weighted by Gasteiger charge is -2.39. The van der Waals surface area contributed by atoms with E-state index < -0.39 is 17.2 Å². The summed E-state index contributed by atoms with van der Waals surface area (Å²) in [6.07, 6.45) is 3.18. The molecule has 0 bridgehead atoms. The van der Waals surface area contributed by atoms with Crippen LogP contribution in [0.15, 0.2) is 11.1 Å². The van der Waals surface area contributed by atoms with Crippen LogP contribution in [0.1, 0.15) is 24.8 Å². The molecule has 100 valence electrons. The maximum atomic E-state index is 14.1. The number of fused-ring (bicyclic) bond motifs is 1. The summed E-state index contributed by atoms with van der Waals surface area (Å²) in [4.78, 5) is 14.3. The van der Waals surface area contributed by atoms with Crippen LogP contribution in [0, 0.1) is 11.6 Å². The molecular weight excluding hydrogens is 256 g/mol. The van der Waals surface area contributed by atoms with Crippen LogP contribution in [0.2, 0.25) is 0 Å². The second-order valence-corrected chi connectivity index (χ2v) is 4.66. The van der Waals surface area contributed by atoms with Crippen molar-refractivity contribution in [2.24, 2.45) is 4.99 Å². The van der Waals surface area contributed by atoms with Crippen LogP contribution >= 0.6 is 0 Å². The van der Waals surface area contributed by atoms with Crippen molar-refractivity contribution in [2.75, 3.05) is 13.2 Å². The summed E-state index contributed by atoms with van der Waals surface area (Å²) >= 11 is 0. The number of nitrogens with zero attached hydrogens (tertiary/aromatic N) is 1. The first kappa shape index (κ1) is 12.1. The van der Waals surface area contributed by atoms with Crippen molar-refractivity contribution in [3.63, 3.8) is 0 Å². The molecule has 19 heavy (non-hydrogen) atoms. The fourth-order valence-corrected chi connectivity index (χ4v) is 2.56. The van der Waals surface area contributed by atoms with Gasteiger partial charge in [0.1, 0.15) is 18.8 Å². The number of hydrogen-bond donors (Lipinski definition) is 0. The van der Waals surface area contributed by atoms with Crippen LogP contribution in [-0.2, 0) is 10.3 Å². The molecule has 1 aliphatic carbocycles. The molecule has 0 unspecified atom stereocenters. The first-order chi connectivity index (χ1) is 9.18. The molecule has 1 saturated carbocycles. The van der Waals surface area contributed by atoms with Crippen molar-refractivity contribution >= 4 is 6.08 Å². The Balaban J connectivity index is 2.24. The van der Waals surface area contributed by atoms with Gasteiger partial charge >= 0.3 is 0 Å². The highest BCUT2D eigenvalue weighted by Gasteiger charge is 2.45. The number of rotatable bonds is 2. The lowest BCUT2D eigenvalue weighted by Crippen LogP contribution is -2.35. The normalized spacial score (nSPS) is 19.3. The van der Waals surface area contributed by atoms with Gasteiger partial charge in [0.2, 0.25) is 6.08 Å². The quantitative estimate of drug-likeness (QED) is 0.611. The summed E-state index contributed by atoms with van der Waals surface area (Å²) in [6, 6.07) is 0.963. The lowest BCUT2D eigenvalue weighted by atomic mass is 9.71. The van der Waals surface area contributed by atoms with E-state index in [1.54, 1.807) is 0 Å². The molecule has 0 spiro atoms. The average molecular weight is 267 g/mol. The van der Waals surface area contributed by atoms with E-state index in [4.69, 9.17) is 9.47 Å². The minimum absolute atomic E-state index is 0.0169. The number of benzene rings is 1. The van der Waals surface area contributed by atoms with Gasteiger partial charge in [0.15, 0.2) is 23.1 Å². The van der Waals surface area contributed by atoms with Crippen molar-refractivity contribution in [2.45, 2.75) is 24.8 Å². The lowest BCUT2D eigenvalue weighted by molar-refractivity contribution is 0.155. The Hall–Kier alpha value is -1.94. The number of ether oxygens (including phenoxy) is 2. The molecule has 0 saturated heterocycles. The molecule has 0 atom stereocenters. The van der Waals surface area contributed by atoms with Gasteiger partial charge in [-0.2, -0.15) is 4.99 Å². The molecule has 1 aliphatic heterocycles. The summed E-state index contributed by atoms with van der Waals surface area (Å²) in [6.45, 7) is 0.535. The largest absolute Gasteiger partial charge is 0.486 e. The van der Waals surface area contributed by atoms with Gasteiger partial charge in [-0.15, -0.1) is 0 Å². The van der Waals surface area contributed by atoms with E-state index in [0.717, 1.165) is 12.5 Å². The first-order valence-corrected chi connectivity index (χ1v) is 6.05. The number of halogens is 2. The van der Waals surface area contributed by atoms with Crippen LogP contribution in [0.25, 0.3) is 0 Å². The minimum Gasteiger partial charge on any atom is -0.486 e. The summed E-state index contributed by atoms with van der Waals surface area (Å²) < 4.78 is 38.4. The maximum absolute atomic E-state index is 14.1. The molecule has 0 aromatic heterocycles. The molecule has 1 aromatic rings. The smallest absolute Gasteiger partial charge is 0.235 e. The zero-order valence-corrected chi connectivity index (χ0v) is 10.0. The second kappa shape index (κ2) is 4.31. The van der Waals surface area contributed by atoms with Gasteiger partial charge in [0.25, 0.3) is 0 Å². The van der Waals surface area contributed by atoms with Crippen molar-refractivity contribution in [3.8, 4) is 11.5 Å². The van der Waals surface area contributed by atoms with Crippen LogP contribution in [0.3, 0.4) is 0 Å². The van der Waals surface area contributed by atoms with Crippen molar-refractivity contribution in [1.29, 1.82) is 0 Å². The molecule has 1 fully saturated rings. The van der Waals surface area contributed by atoms with E-state index in [-0.39, 0.29) is 30.3 Å². The summed E-state index contributed by atoms with van der Waals surface area (Å²) in [5.74, 6) is -1.73. The van der Waals surface area contributed by atoms with Gasteiger partial charge in [0, 0.05) is 6.07 Å². The predicted octanol–water partition coefficient (Wildman–Crippen LogP) is 2.45. The highest BCUT2D eigenvalue weighted by Crippen LogP contribution is 2.52. The number of aliphatic imine (C=N–C) groups is 1. The monoisotopic (exact) mass is 267 g/mol. The highest BCUT2D eigenvalue weighted by molar-refractivity contribution is 5.54. The van der Waals surface area contributed by atoms with Crippen molar-refractivity contribution in [3.05, 3.63) is 23.3 Å². The van der Waals surface area contributed by atoms with Crippen molar-refractivity contribution < 1.29 is 23.0 Å². The van der Waals surface area contributed by atoms with Crippen molar-refractivity contribution in [1.82, 2.24) is 0 Å². The topological polar surface area (TPSA) is 47.9 Å². The maximum Gasteiger partial charge on any atom is 0.235 e. The minimum atomic E-state index is -1.06. The Morgan fingerprint density at radius 3 is 2.63 bits per heavy atom. The van der Waals surface area contributed by atoms with Crippen LogP contribution < -0.4 is 9.47 Å². The summed E-state index contributed by atoms with van der Waals surface area (Å²) in [7, 11) is 0. The molecule has 1 aromatic carbocycles.